The molecule has 2 heterocycles. The number of sulfonamides is 2. The molecular weight excluding hydrogens is 412 g/mol. The molecule has 0 unspecified atom stereocenters. The molecule has 1 aliphatic rings. The fourth-order valence-electron chi connectivity index (χ4n) is 3.44. The van der Waals surface area contributed by atoms with E-state index < -0.39 is 20.0 Å². The Morgan fingerprint density at radius 1 is 0.931 bits per heavy atom. The normalized spacial score (nSPS) is 17.6. The third-order valence-corrected chi connectivity index (χ3v) is 8.76. The van der Waals surface area contributed by atoms with Gasteiger partial charge in [-0.15, -0.1) is 0 Å². The Kier molecular flexibility index (Phi) is 6.27. The number of rotatable bonds is 5. The summed E-state index contributed by atoms with van der Waals surface area (Å²) in [5.41, 5.74) is 1.81. The first-order valence-electron chi connectivity index (χ1n) is 9.36. The van der Waals surface area contributed by atoms with Gasteiger partial charge in [0, 0.05) is 38.6 Å². The summed E-state index contributed by atoms with van der Waals surface area (Å²) < 4.78 is 56.0. The van der Waals surface area contributed by atoms with E-state index in [0.29, 0.717) is 17.8 Å². The molecule has 29 heavy (non-hydrogen) atoms. The van der Waals surface area contributed by atoms with Gasteiger partial charge in [-0.25, -0.2) is 16.8 Å². The van der Waals surface area contributed by atoms with E-state index in [4.69, 9.17) is 0 Å². The third kappa shape index (κ3) is 4.61. The van der Waals surface area contributed by atoms with Crippen molar-refractivity contribution in [2.75, 3.05) is 26.2 Å². The molecule has 1 aromatic carbocycles. The smallest absolute Gasteiger partial charge is 0.246 e. The van der Waals surface area contributed by atoms with Gasteiger partial charge in [-0.1, -0.05) is 30.3 Å². The standard InChI is InChI=1S/C19H26N4O4S2/c1-16-19(17(2)21(3)20-16)29(26,27)23-12-7-11-22(13-14-23)28(24,25)15-10-18-8-5-4-6-9-18/h4-6,8-10,15H,7,11-14H2,1-3H3. The van der Waals surface area contributed by atoms with Gasteiger partial charge in [0.05, 0.1) is 11.4 Å². The van der Waals surface area contributed by atoms with Crippen molar-refractivity contribution in [1.82, 2.24) is 18.4 Å². The molecule has 0 spiro atoms. The van der Waals surface area contributed by atoms with Crippen molar-refractivity contribution in [1.29, 1.82) is 0 Å². The average Bonchev–Trinajstić information content (AvgIpc) is 2.85. The SMILES string of the molecule is Cc1nn(C)c(C)c1S(=O)(=O)N1CCCN(S(=O)(=O)C=Cc2ccccc2)CC1. The highest BCUT2D eigenvalue weighted by molar-refractivity contribution is 7.92. The van der Waals surface area contributed by atoms with Gasteiger partial charge in [0.15, 0.2) is 0 Å². The second kappa shape index (κ2) is 8.39. The van der Waals surface area contributed by atoms with Crippen molar-refractivity contribution < 1.29 is 16.8 Å². The summed E-state index contributed by atoms with van der Waals surface area (Å²) in [6, 6.07) is 9.18. The van der Waals surface area contributed by atoms with Crippen LogP contribution in [0.15, 0.2) is 40.6 Å². The van der Waals surface area contributed by atoms with Crippen molar-refractivity contribution in [2.24, 2.45) is 7.05 Å². The Hall–Kier alpha value is -2.01. The Morgan fingerprint density at radius 2 is 1.55 bits per heavy atom. The first kappa shape index (κ1) is 21.7. The number of nitrogens with zero attached hydrogens (tertiary/aromatic N) is 4. The fourth-order valence-corrected chi connectivity index (χ4v) is 6.53. The van der Waals surface area contributed by atoms with Gasteiger partial charge in [-0.2, -0.15) is 13.7 Å². The quantitative estimate of drug-likeness (QED) is 0.709. The lowest BCUT2D eigenvalue weighted by Crippen LogP contribution is -2.37. The second-order valence-electron chi connectivity index (χ2n) is 7.04. The van der Waals surface area contributed by atoms with Crippen molar-refractivity contribution in [3.8, 4) is 0 Å². The van der Waals surface area contributed by atoms with Crippen LogP contribution in [0, 0.1) is 13.8 Å². The van der Waals surface area contributed by atoms with Crippen LogP contribution in [0.5, 0.6) is 0 Å². The van der Waals surface area contributed by atoms with Gasteiger partial charge < -0.3 is 0 Å². The average molecular weight is 439 g/mol. The summed E-state index contributed by atoms with van der Waals surface area (Å²) in [5, 5.41) is 5.38. The second-order valence-corrected chi connectivity index (χ2v) is 10.7. The van der Waals surface area contributed by atoms with E-state index in [1.54, 1.807) is 31.7 Å². The van der Waals surface area contributed by atoms with Crippen molar-refractivity contribution in [2.45, 2.75) is 25.2 Å². The molecule has 0 N–H and O–H groups in total. The molecule has 0 bridgehead atoms. The molecule has 8 nitrogen and oxygen atoms in total. The highest BCUT2D eigenvalue weighted by atomic mass is 32.2. The lowest BCUT2D eigenvalue weighted by atomic mass is 10.2. The van der Waals surface area contributed by atoms with Crippen molar-refractivity contribution >= 4 is 26.1 Å². The topological polar surface area (TPSA) is 92.6 Å². The minimum atomic E-state index is -3.74. The number of aryl methyl sites for hydroxylation is 2. The number of hydrogen-bond acceptors (Lipinski definition) is 5. The van der Waals surface area contributed by atoms with Crippen LogP contribution in [-0.4, -0.2) is 61.4 Å². The molecule has 0 aliphatic carbocycles. The molecule has 10 heteroatoms. The van der Waals surface area contributed by atoms with Crippen molar-refractivity contribution in [3.05, 3.63) is 52.7 Å². The molecule has 0 atom stereocenters. The molecule has 0 radical (unpaired) electrons. The lowest BCUT2D eigenvalue weighted by Gasteiger charge is -2.21. The van der Waals surface area contributed by atoms with Crippen LogP contribution in [-0.2, 0) is 27.1 Å². The molecule has 1 fully saturated rings. The summed E-state index contributed by atoms with van der Waals surface area (Å²) in [7, 11) is -5.67. The van der Waals surface area contributed by atoms with Crippen molar-refractivity contribution in [3.63, 3.8) is 0 Å². The summed E-state index contributed by atoms with van der Waals surface area (Å²) >= 11 is 0. The van der Waals surface area contributed by atoms with Crippen LogP contribution < -0.4 is 0 Å². The van der Waals surface area contributed by atoms with E-state index in [1.165, 1.54) is 14.0 Å². The van der Waals surface area contributed by atoms with E-state index in [0.717, 1.165) is 5.56 Å². The summed E-state index contributed by atoms with van der Waals surface area (Å²) in [6.45, 7) is 4.15. The van der Waals surface area contributed by atoms with Gasteiger partial charge in [-0.05, 0) is 31.9 Å². The largest absolute Gasteiger partial charge is 0.271 e. The molecule has 0 saturated carbocycles. The predicted molar refractivity (Wildman–Crippen MR) is 112 cm³/mol. The van der Waals surface area contributed by atoms with Crippen LogP contribution in [0.25, 0.3) is 6.08 Å². The third-order valence-electron chi connectivity index (χ3n) is 5.05. The summed E-state index contributed by atoms with van der Waals surface area (Å²) in [4.78, 5) is 0.209. The highest BCUT2D eigenvalue weighted by Crippen LogP contribution is 2.24. The Labute approximate surface area is 172 Å². The molecule has 0 amide bonds. The van der Waals surface area contributed by atoms with Crippen LogP contribution in [0.3, 0.4) is 0 Å². The van der Waals surface area contributed by atoms with Crippen LogP contribution in [0.2, 0.25) is 0 Å². The first-order chi connectivity index (χ1) is 13.6. The maximum atomic E-state index is 13.2. The van der Waals surface area contributed by atoms with E-state index in [1.807, 2.05) is 30.3 Å². The fraction of sp³-hybridized carbons (Fsp3) is 0.421. The summed E-state index contributed by atoms with van der Waals surface area (Å²) in [6.07, 6.45) is 1.98. The molecular formula is C19H26N4O4S2. The van der Waals surface area contributed by atoms with Crippen LogP contribution >= 0.6 is 0 Å². The van der Waals surface area contributed by atoms with Gasteiger partial charge in [0.25, 0.3) is 0 Å². The zero-order valence-corrected chi connectivity index (χ0v) is 18.4. The zero-order valence-electron chi connectivity index (χ0n) is 16.8. The van der Waals surface area contributed by atoms with E-state index in [2.05, 4.69) is 5.10 Å². The molecule has 1 saturated heterocycles. The minimum Gasteiger partial charge on any atom is -0.271 e. The molecule has 158 valence electrons. The molecule has 1 aliphatic heterocycles. The monoisotopic (exact) mass is 438 g/mol. The first-order valence-corrected chi connectivity index (χ1v) is 12.3. The maximum Gasteiger partial charge on any atom is 0.246 e. The van der Waals surface area contributed by atoms with Gasteiger partial charge in [-0.3, -0.25) is 4.68 Å². The number of benzene rings is 1. The van der Waals surface area contributed by atoms with Gasteiger partial charge in [0.2, 0.25) is 20.0 Å². The lowest BCUT2D eigenvalue weighted by molar-refractivity contribution is 0.407. The van der Waals surface area contributed by atoms with Crippen LogP contribution in [0.1, 0.15) is 23.4 Å². The molecule has 2 aromatic rings. The van der Waals surface area contributed by atoms with Gasteiger partial charge >= 0.3 is 0 Å². The Balaban J connectivity index is 1.77. The number of aromatic nitrogens is 2. The Morgan fingerprint density at radius 3 is 2.17 bits per heavy atom. The van der Waals surface area contributed by atoms with E-state index in [-0.39, 0.29) is 31.1 Å². The van der Waals surface area contributed by atoms with E-state index in [9.17, 15) is 16.8 Å². The van der Waals surface area contributed by atoms with Crippen LogP contribution in [0.4, 0.5) is 0 Å². The molecule has 1 aromatic heterocycles. The summed E-state index contributed by atoms with van der Waals surface area (Å²) in [5.74, 6) is 0. The maximum absolute atomic E-state index is 13.2. The van der Waals surface area contributed by atoms with E-state index >= 15 is 0 Å². The minimum absolute atomic E-state index is 0.106. The number of hydrogen-bond donors (Lipinski definition) is 0. The van der Waals surface area contributed by atoms with Gasteiger partial charge in [0.1, 0.15) is 4.90 Å². The zero-order chi connectivity index (χ0) is 21.2. The Bertz CT molecular complexity index is 1110. The predicted octanol–water partition coefficient (Wildman–Crippen LogP) is 1.73. The highest BCUT2D eigenvalue weighted by Gasteiger charge is 2.33. The molecule has 3 rings (SSSR count).